The van der Waals surface area contributed by atoms with Gasteiger partial charge in [0.25, 0.3) is 0 Å². The summed E-state index contributed by atoms with van der Waals surface area (Å²) < 4.78 is 0. The lowest BCUT2D eigenvalue weighted by Crippen LogP contribution is -2.38. The Hall–Kier alpha value is -1.84. The standard InChI is InChI=1S/C17H25NO3/c1-5-14(6-2)17(21)18(10-9-16(19)20)15-11-12(3)7-8-13(15)4/h7-8,11,14H,5-6,9-10H2,1-4H3,(H,19,20). The maximum absolute atomic E-state index is 12.7. The van der Waals surface area contributed by atoms with E-state index in [0.29, 0.717) is 0 Å². The summed E-state index contributed by atoms with van der Waals surface area (Å²) in [5.74, 6) is -0.920. The second-order valence-electron chi connectivity index (χ2n) is 5.44. The number of benzene rings is 1. The van der Waals surface area contributed by atoms with E-state index in [-0.39, 0.29) is 24.8 Å². The van der Waals surface area contributed by atoms with E-state index >= 15 is 0 Å². The minimum Gasteiger partial charge on any atom is -0.481 e. The van der Waals surface area contributed by atoms with Gasteiger partial charge in [0.1, 0.15) is 0 Å². The Balaban J connectivity index is 3.14. The van der Waals surface area contributed by atoms with Gasteiger partial charge >= 0.3 is 5.97 Å². The summed E-state index contributed by atoms with van der Waals surface area (Å²) in [6.45, 7) is 8.12. The molecule has 4 heteroatoms. The first-order valence-corrected chi connectivity index (χ1v) is 7.51. The third kappa shape index (κ3) is 4.59. The predicted molar refractivity (Wildman–Crippen MR) is 84.6 cm³/mol. The lowest BCUT2D eigenvalue weighted by Gasteiger charge is -2.28. The highest BCUT2D eigenvalue weighted by Crippen LogP contribution is 2.25. The zero-order chi connectivity index (χ0) is 16.0. The number of anilines is 1. The third-order valence-corrected chi connectivity index (χ3v) is 3.81. The number of rotatable bonds is 7. The zero-order valence-electron chi connectivity index (χ0n) is 13.3. The highest BCUT2D eigenvalue weighted by Gasteiger charge is 2.24. The molecular formula is C17H25NO3. The van der Waals surface area contributed by atoms with E-state index in [4.69, 9.17) is 5.11 Å². The fourth-order valence-electron chi connectivity index (χ4n) is 2.43. The van der Waals surface area contributed by atoms with E-state index in [9.17, 15) is 9.59 Å². The van der Waals surface area contributed by atoms with Crippen molar-refractivity contribution in [3.05, 3.63) is 29.3 Å². The van der Waals surface area contributed by atoms with Crippen molar-refractivity contribution >= 4 is 17.6 Å². The molecule has 0 heterocycles. The van der Waals surface area contributed by atoms with E-state index in [1.165, 1.54) is 0 Å². The van der Waals surface area contributed by atoms with Crippen LogP contribution in [0.5, 0.6) is 0 Å². The summed E-state index contributed by atoms with van der Waals surface area (Å²) >= 11 is 0. The molecule has 1 aromatic carbocycles. The van der Waals surface area contributed by atoms with Crippen molar-refractivity contribution in [2.75, 3.05) is 11.4 Å². The highest BCUT2D eigenvalue weighted by molar-refractivity contribution is 5.96. The van der Waals surface area contributed by atoms with Gasteiger partial charge in [-0.25, -0.2) is 0 Å². The summed E-state index contributed by atoms with van der Waals surface area (Å²) in [7, 11) is 0. The molecule has 0 aromatic heterocycles. The zero-order valence-corrected chi connectivity index (χ0v) is 13.3. The molecule has 0 aliphatic rings. The average molecular weight is 291 g/mol. The van der Waals surface area contributed by atoms with Gasteiger partial charge in [-0.05, 0) is 43.9 Å². The number of amides is 1. The number of hydrogen-bond acceptors (Lipinski definition) is 2. The highest BCUT2D eigenvalue weighted by atomic mass is 16.4. The van der Waals surface area contributed by atoms with Crippen LogP contribution in [-0.2, 0) is 9.59 Å². The molecule has 1 rings (SSSR count). The van der Waals surface area contributed by atoms with Gasteiger partial charge < -0.3 is 10.0 Å². The summed E-state index contributed by atoms with van der Waals surface area (Å²) in [6, 6.07) is 5.92. The number of carboxylic acid groups (broad SMARTS) is 1. The molecule has 0 fully saturated rings. The Morgan fingerprint density at radius 2 is 1.81 bits per heavy atom. The van der Waals surface area contributed by atoms with Gasteiger partial charge in [-0.3, -0.25) is 9.59 Å². The lowest BCUT2D eigenvalue weighted by atomic mass is 10.00. The Bertz CT molecular complexity index is 507. The number of hydrogen-bond donors (Lipinski definition) is 1. The molecule has 0 unspecified atom stereocenters. The average Bonchev–Trinajstić information content (AvgIpc) is 2.43. The predicted octanol–water partition coefficient (Wildman–Crippen LogP) is 3.55. The molecule has 0 saturated heterocycles. The van der Waals surface area contributed by atoms with Crippen molar-refractivity contribution in [3.8, 4) is 0 Å². The molecule has 0 radical (unpaired) electrons. The van der Waals surface area contributed by atoms with Crippen molar-refractivity contribution in [1.29, 1.82) is 0 Å². The van der Waals surface area contributed by atoms with E-state index in [1.807, 2.05) is 45.9 Å². The van der Waals surface area contributed by atoms with Crippen LogP contribution in [-0.4, -0.2) is 23.5 Å². The summed E-state index contributed by atoms with van der Waals surface area (Å²) in [5, 5.41) is 8.93. The van der Waals surface area contributed by atoms with Crippen LogP contribution in [0.2, 0.25) is 0 Å². The molecular weight excluding hydrogens is 266 g/mol. The first kappa shape index (κ1) is 17.2. The Kier molecular flexibility index (Phi) is 6.40. The van der Waals surface area contributed by atoms with Crippen molar-refractivity contribution in [2.45, 2.75) is 47.0 Å². The van der Waals surface area contributed by atoms with Crippen molar-refractivity contribution in [1.82, 2.24) is 0 Å². The fourth-order valence-corrected chi connectivity index (χ4v) is 2.43. The number of aliphatic carboxylic acids is 1. The quantitative estimate of drug-likeness (QED) is 0.836. The van der Waals surface area contributed by atoms with Crippen LogP contribution in [0.15, 0.2) is 18.2 Å². The maximum Gasteiger partial charge on any atom is 0.305 e. The topological polar surface area (TPSA) is 57.6 Å². The maximum atomic E-state index is 12.7. The van der Waals surface area contributed by atoms with Crippen molar-refractivity contribution in [2.24, 2.45) is 5.92 Å². The van der Waals surface area contributed by atoms with E-state index in [2.05, 4.69) is 0 Å². The number of aryl methyl sites for hydroxylation is 2. The summed E-state index contributed by atoms with van der Waals surface area (Å²) in [4.78, 5) is 25.2. The smallest absolute Gasteiger partial charge is 0.305 e. The van der Waals surface area contributed by atoms with Crippen molar-refractivity contribution < 1.29 is 14.7 Å². The van der Waals surface area contributed by atoms with Crippen LogP contribution in [0.25, 0.3) is 0 Å². The second-order valence-corrected chi connectivity index (χ2v) is 5.44. The summed E-state index contributed by atoms with van der Waals surface area (Å²) in [6.07, 6.45) is 1.49. The van der Waals surface area contributed by atoms with Crippen molar-refractivity contribution in [3.63, 3.8) is 0 Å². The normalized spacial score (nSPS) is 10.7. The lowest BCUT2D eigenvalue weighted by molar-refractivity contribution is -0.136. The SMILES string of the molecule is CCC(CC)C(=O)N(CCC(=O)O)c1cc(C)ccc1C. The minimum atomic E-state index is -0.886. The van der Waals surface area contributed by atoms with Gasteiger partial charge in [0, 0.05) is 18.2 Å². The van der Waals surface area contributed by atoms with Crippen LogP contribution in [0, 0.1) is 19.8 Å². The van der Waals surface area contributed by atoms with Gasteiger partial charge in [0.2, 0.25) is 5.91 Å². The van der Waals surface area contributed by atoms with E-state index < -0.39 is 5.97 Å². The Labute approximate surface area is 126 Å². The van der Waals surface area contributed by atoms with Gasteiger partial charge in [-0.1, -0.05) is 26.0 Å². The molecule has 1 N–H and O–H groups in total. The van der Waals surface area contributed by atoms with Gasteiger partial charge in [0.15, 0.2) is 0 Å². The minimum absolute atomic E-state index is 0.0231. The third-order valence-electron chi connectivity index (χ3n) is 3.81. The molecule has 0 aliphatic heterocycles. The fraction of sp³-hybridized carbons (Fsp3) is 0.529. The first-order valence-electron chi connectivity index (χ1n) is 7.51. The van der Waals surface area contributed by atoms with E-state index in [0.717, 1.165) is 29.7 Å². The van der Waals surface area contributed by atoms with Gasteiger partial charge in [-0.2, -0.15) is 0 Å². The van der Waals surface area contributed by atoms with Crippen LogP contribution in [0.1, 0.15) is 44.2 Å². The Morgan fingerprint density at radius 1 is 1.19 bits per heavy atom. The molecule has 21 heavy (non-hydrogen) atoms. The van der Waals surface area contributed by atoms with Crippen LogP contribution in [0.3, 0.4) is 0 Å². The van der Waals surface area contributed by atoms with Gasteiger partial charge in [0.05, 0.1) is 6.42 Å². The van der Waals surface area contributed by atoms with Crippen LogP contribution >= 0.6 is 0 Å². The number of carboxylic acids is 1. The van der Waals surface area contributed by atoms with Crippen LogP contribution < -0.4 is 4.90 Å². The molecule has 1 aromatic rings. The number of carbonyl (C=O) groups is 2. The molecule has 0 saturated carbocycles. The molecule has 0 spiro atoms. The number of nitrogens with zero attached hydrogens (tertiary/aromatic N) is 1. The molecule has 0 aliphatic carbocycles. The summed E-state index contributed by atoms with van der Waals surface area (Å²) in [5.41, 5.74) is 2.88. The molecule has 1 amide bonds. The monoisotopic (exact) mass is 291 g/mol. The van der Waals surface area contributed by atoms with E-state index in [1.54, 1.807) is 4.90 Å². The van der Waals surface area contributed by atoms with Crippen LogP contribution in [0.4, 0.5) is 5.69 Å². The number of carbonyl (C=O) groups excluding carboxylic acids is 1. The Morgan fingerprint density at radius 3 is 2.33 bits per heavy atom. The second kappa shape index (κ2) is 7.81. The molecule has 0 bridgehead atoms. The first-order chi connectivity index (χ1) is 9.90. The molecule has 0 atom stereocenters. The van der Waals surface area contributed by atoms with Gasteiger partial charge in [-0.15, -0.1) is 0 Å². The molecule has 4 nitrogen and oxygen atoms in total. The largest absolute Gasteiger partial charge is 0.481 e. The molecule has 116 valence electrons.